The first-order valence-electron chi connectivity index (χ1n) is 6.72. The van der Waals surface area contributed by atoms with E-state index in [1.54, 1.807) is 24.1 Å². The first kappa shape index (κ1) is 16.4. The molecule has 0 saturated carbocycles. The van der Waals surface area contributed by atoms with Crippen molar-refractivity contribution in [2.24, 2.45) is 5.92 Å². The fourth-order valence-electron chi connectivity index (χ4n) is 2.06. The lowest BCUT2D eigenvalue weighted by atomic mass is 10.0. The third-order valence-corrected chi connectivity index (χ3v) is 3.09. The smallest absolute Gasteiger partial charge is 0.387 e. The van der Waals surface area contributed by atoms with Crippen LogP contribution in [0, 0.1) is 5.92 Å². The highest BCUT2D eigenvalue weighted by molar-refractivity contribution is 5.78. The Morgan fingerprint density at radius 1 is 1.30 bits per heavy atom. The zero-order chi connectivity index (χ0) is 15.1. The Morgan fingerprint density at radius 3 is 2.40 bits per heavy atom. The van der Waals surface area contributed by atoms with E-state index in [-0.39, 0.29) is 17.6 Å². The number of hydrogen-bond acceptors (Lipinski definition) is 2. The molecule has 0 N–H and O–H groups in total. The summed E-state index contributed by atoms with van der Waals surface area (Å²) < 4.78 is 28.3. The van der Waals surface area contributed by atoms with Crippen molar-refractivity contribution in [3.05, 3.63) is 29.8 Å². The predicted molar refractivity (Wildman–Crippen MR) is 73.6 cm³/mol. The lowest BCUT2D eigenvalue weighted by molar-refractivity contribution is -0.134. The summed E-state index contributed by atoms with van der Waals surface area (Å²) in [5.41, 5.74) is 0.881. The van der Waals surface area contributed by atoms with Crippen molar-refractivity contribution in [1.82, 2.24) is 4.90 Å². The molecule has 112 valence electrons. The average Bonchev–Trinajstić information content (AvgIpc) is 2.39. The van der Waals surface area contributed by atoms with E-state index in [2.05, 4.69) is 4.74 Å². The number of nitrogens with zero attached hydrogens (tertiary/aromatic N) is 1. The van der Waals surface area contributed by atoms with Gasteiger partial charge in [-0.2, -0.15) is 8.78 Å². The molecule has 0 saturated heterocycles. The van der Waals surface area contributed by atoms with Crippen LogP contribution in [0.3, 0.4) is 0 Å². The molecule has 0 aromatic heterocycles. The van der Waals surface area contributed by atoms with E-state index in [0.29, 0.717) is 6.54 Å². The van der Waals surface area contributed by atoms with Crippen LogP contribution >= 0.6 is 0 Å². The number of rotatable bonds is 7. The van der Waals surface area contributed by atoms with Gasteiger partial charge < -0.3 is 9.64 Å². The van der Waals surface area contributed by atoms with Crippen molar-refractivity contribution in [1.29, 1.82) is 0 Å². The number of carbonyl (C=O) groups is 1. The summed E-state index contributed by atoms with van der Waals surface area (Å²) >= 11 is 0. The second-order valence-corrected chi connectivity index (χ2v) is 4.91. The highest BCUT2D eigenvalue weighted by Crippen LogP contribution is 2.17. The van der Waals surface area contributed by atoms with Crippen molar-refractivity contribution in [3.63, 3.8) is 0 Å². The SMILES string of the molecule is CCCC(C)C(=O)N(C)Cc1ccc(OC(F)F)cc1. The summed E-state index contributed by atoms with van der Waals surface area (Å²) in [5, 5.41) is 0. The third kappa shape index (κ3) is 5.15. The molecule has 1 amide bonds. The fourth-order valence-corrected chi connectivity index (χ4v) is 2.06. The predicted octanol–water partition coefficient (Wildman–Crippen LogP) is 3.68. The molecule has 1 atom stereocenters. The molecular weight excluding hydrogens is 264 g/mol. The van der Waals surface area contributed by atoms with Crippen LogP contribution in [0.15, 0.2) is 24.3 Å². The molecule has 0 spiro atoms. The number of hydrogen-bond donors (Lipinski definition) is 0. The maximum Gasteiger partial charge on any atom is 0.387 e. The molecule has 5 heteroatoms. The first-order valence-corrected chi connectivity index (χ1v) is 6.72. The minimum absolute atomic E-state index is 0.00596. The maximum absolute atomic E-state index is 12.1. The van der Waals surface area contributed by atoms with E-state index in [1.807, 2.05) is 13.8 Å². The quantitative estimate of drug-likeness (QED) is 0.764. The van der Waals surface area contributed by atoms with Gasteiger partial charge in [-0.25, -0.2) is 0 Å². The monoisotopic (exact) mass is 285 g/mol. The summed E-state index contributed by atoms with van der Waals surface area (Å²) in [4.78, 5) is 13.7. The maximum atomic E-state index is 12.1. The number of ether oxygens (including phenoxy) is 1. The number of amides is 1. The Hall–Kier alpha value is -1.65. The second kappa shape index (κ2) is 7.82. The van der Waals surface area contributed by atoms with Crippen molar-refractivity contribution in [2.75, 3.05) is 7.05 Å². The van der Waals surface area contributed by atoms with Gasteiger partial charge in [0.25, 0.3) is 0 Å². The van der Waals surface area contributed by atoms with E-state index in [4.69, 9.17) is 0 Å². The van der Waals surface area contributed by atoms with Crippen LogP contribution in [0.1, 0.15) is 32.3 Å². The van der Waals surface area contributed by atoms with Gasteiger partial charge in [0.05, 0.1) is 0 Å². The van der Waals surface area contributed by atoms with Crippen LogP contribution in [-0.4, -0.2) is 24.5 Å². The summed E-state index contributed by atoms with van der Waals surface area (Å²) in [7, 11) is 1.75. The summed E-state index contributed by atoms with van der Waals surface area (Å²) in [6, 6.07) is 6.34. The summed E-state index contributed by atoms with van der Waals surface area (Å²) in [6.45, 7) is 1.61. The fraction of sp³-hybridized carbons (Fsp3) is 0.533. The Kier molecular flexibility index (Phi) is 6.42. The Balaban J connectivity index is 2.57. The normalized spacial score (nSPS) is 12.3. The van der Waals surface area contributed by atoms with Crippen LogP contribution in [0.5, 0.6) is 5.75 Å². The average molecular weight is 285 g/mol. The number of alkyl halides is 2. The topological polar surface area (TPSA) is 29.5 Å². The lowest BCUT2D eigenvalue weighted by Gasteiger charge is -2.21. The van der Waals surface area contributed by atoms with E-state index in [9.17, 15) is 13.6 Å². The Morgan fingerprint density at radius 2 is 1.90 bits per heavy atom. The largest absolute Gasteiger partial charge is 0.435 e. The zero-order valence-electron chi connectivity index (χ0n) is 12.1. The van der Waals surface area contributed by atoms with E-state index in [1.165, 1.54) is 12.1 Å². The van der Waals surface area contributed by atoms with E-state index < -0.39 is 6.61 Å². The van der Waals surface area contributed by atoms with Crippen LogP contribution in [0.2, 0.25) is 0 Å². The summed E-state index contributed by atoms with van der Waals surface area (Å²) in [6.07, 6.45) is 1.84. The molecule has 0 heterocycles. The number of benzene rings is 1. The minimum atomic E-state index is -2.82. The minimum Gasteiger partial charge on any atom is -0.435 e. The molecule has 20 heavy (non-hydrogen) atoms. The van der Waals surface area contributed by atoms with Crippen molar-refractivity contribution >= 4 is 5.91 Å². The molecule has 1 aromatic rings. The van der Waals surface area contributed by atoms with Crippen LogP contribution in [-0.2, 0) is 11.3 Å². The van der Waals surface area contributed by atoms with Crippen LogP contribution < -0.4 is 4.74 Å². The molecule has 1 rings (SSSR count). The van der Waals surface area contributed by atoms with Crippen LogP contribution in [0.4, 0.5) is 8.78 Å². The van der Waals surface area contributed by atoms with E-state index >= 15 is 0 Å². The highest BCUT2D eigenvalue weighted by atomic mass is 19.3. The Bertz CT molecular complexity index is 420. The van der Waals surface area contributed by atoms with Crippen molar-refractivity contribution < 1.29 is 18.3 Å². The van der Waals surface area contributed by atoms with Gasteiger partial charge in [0.1, 0.15) is 5.75 Å². The lowest BCUT2D eigenvalue weighted by Crippen LogP contribution is -2.31. The second-order valence-electron chi connectivity index (χ2n) is 4.91. The first-order chi connectivity index (χ1) is 9.43. The molecular formula is C15H21F2NO2. The third-order valence-electron chi connectivity index (χ3n) is 3.09. The molecule has 0 fully saturated rings. The van der Waals surface area contributed by atoms with Gasteiger partial charge in [-0.15, -0.1) is 0 Å². The van der Waals surface area contributed by atoms with Gasteiger partial charge in [-0.3, -0.25) is 4.79 Å². The van der Waals surface area contributed by atoms with Crippen molar-refractivity contribution in [2.45, 2.75) is 39.8 Å². The van der Waals surface area contributed by atoms with Crippen LogP contribution in [0.25, 0.3) is 0 Å². The molecule has 0 aliphatic heterocycles. The molecule has 0 aliphatic carbocycles. The van der Waals surface area contributed by atoms with Gasteiger partial charge in [0, 0.05) is 19.5 Å². The van der Waals surface area contributed by atoms with Gasteiger partial charge in [0.2, 0.25) is 5.91 Å². The standard InChI is InChI=1S/C15H21F2NO2/c1-4-5-11(2)14(19)18(3)10-12-6-8-13(9-7-12)20-15(16)17/h6-9,11,15H,4-5,10H2,1-3H3. The van der Waals surface area contributed by atoms with Gasteiger partial charge in [0.15, 0.2) is 0 Å². The summed E-state index contributed by atoms with van der Waals surface area (Å²) in [5.74, 6) is 0.225. The number of carbonyl (C=O) groups excluding carboxylic acids is 1. The number of halogens is 2. The zero-order valence-corrected chi connectivity index (χ0v) is 12.1. The van der Waals surface area contributed by atoms with E-state index in [0.717, 1.165) is 18.4 Å². The van der Waals surface area contributed by atoms with Crippen molar-refractivity contribution in [3.8, 4) is 5.75 Å². The molecule has 3 nitrogen and oxygen atoms in total. The van der Waals surface area contributed by atoms with Gasteiger partial charge in [-0.05, 0) is 24.1 Å². The Labute approximate surface area is 118 Å². The molecule has 0 bridgehead atoms. The molecule has 1 aromatic carbocycles. The molecule has 1 unspecified atom stereocenters. The van der Waals surface area contributed by atoms with Gasteiger partial charge in [-0.1, -0.05) is 32.4 Å². The van der Waals surface area contributed by atoms with Gasteiger partial charge >= 0.3 is 6.61 Å². The molecule has 0 radical (unpaired) electrons. The highest BCUT2D eigenvalue weighted by Gasteiger charge is 2.16. The molecule has 0 aliphatic rings.